The van der Waals surface area contributed by atoms with E-state index in [9.17, 15) is 15.0 Å². The van der Waals surface area contributed by atoms with Crippen LogP contribution in [-0.4, -0.2) is 52.1 Å². The van der Waals surface area contributed by atoms with E-state index < -0.39 is 12.2 Å². The molecule has 2 atom stereocenters. The number of β-amino-alcohol motifs (C(OH)–C–C–N with tert-alkyl or cyclic N) is 2. The molecule has 1 aromatic rings. The lowest BCUT2D eigenvalue weighted by atomic mass is 10.3. The van der Waals surface area contributed by atoms with E-state index in [0.29, 0.717) is 17.2 Å². The van der Waals surface area contributed by atoms with Gasteiger partial charge in [-0.15, -0.1) is 11.8 Å². The van der Waals surface area contributed by atoms with Crippen LogP contribution in [0.25, 0.3) is 0 Å². The van der Waals surface area contributed by atoms with Gasteiger partial charge >= 0.3 is 0 Å². The number of benzene rings is 1. The first-order valence-corrected chi connectivity index (χ1v) is 7.45. The van der Waals surface area contributed by atoms with Crippen LogP contribution in [0.1, 0.15) is 6.42 Å². The third kappa shape index (κ3) is 3.86. The molecule has 1 fully saturated rings. The van der Waals surface area contributed by atoms with E-state index in [2.05, 4.69) is 0 Å². The lowest BCUT2D eigenvalue weighted by molar-refractivity contribution is -0.130. The molecule has 1 aliphatic heterocycles. The Morgan fingerprint density at radius 2 is 1.95 bits per heavy atom. The van der Waals surface area contributed by atoms with Crippen LogP contribution in [0.5, 0.6) is 0 Å². The maximum absolute atomic E-state index is 11.9. The number of likely N-dealkylation sites (tertiary alicyclic amines) is 1. The first-order chi connectivity index (χ1) is 9.08. The maximum Gasteiger partial charge on any atom is 0.223 e. The minimum Gasteiger partial charge on any atom is -0.388 e. The second kappa shape index (κ2) is 6.61. The Kier molecular flexibility index (Phi) is 5.10. The molecule has 1 saturated heterocycles. The van der Waals surface area contributed by atoms with Crippen molar-refractivity contribution in [1.29, 1.82) is 0 Å². The molecule has 19 heavy (non-hydrogen) atoms. The Labute approximate surface area is 121 Å². The highest BCUT2D eigenvalue weighted by atomic mass is 35.5. The molecule has 0 radical (unpaired) electrons. The van der Waals surface area contributed by atoms with Crippen molar-refractivity contribution in [2.24, 2.45) is 0 Å². The molecule has 104 valence electrons. The van der Waals surface area contributed by atoms with Crippen LogP contribution >= 0.6 is 23.4 Å². The van der Waals surface area contributed by atoms with E-state index in [-0.39, 0.29) is 19.0 Å². The largest absolute Gasteiger partial charge is 0.388 e. The number of aliphatic hydroxyl groups is 2. The van der Waals surface area contributed by atoms with Crippen molar-refractivity contribution >= 4 is 29.3 Å². The predicted molar refractivity (Wildman–Crippen MR) is 75.4 cm³/mol. The van der Waals surface area contributed by atoms with Crippen LogP contribution in [0.4, 0.5) is 0 Å². The second-order valence-electron chi connectivity index (χ2n) is 4.46. The van der Waals surface area contributed by atoms with E-state index in [1.54, 1.807) is 0 Å². The average molecular weight is 302 g/mol. The number of halogens is 1. The van der Waals surface area contributed by atoms with Gasteiger partial charge in [0.1, 0.15) is 0 Å². The molecule has 0 aliphatic carbocycles. The zero-order chi connectivity index (χ0) is 13.8. The van der Waals surface area contributed by atoms with E-state index in [0.717, 1.165) is 4.90 Å². The molecular weight excluding hydrogens is 286 g/mol. The minimum atomic E-state index is -0.819. The van der Waals surface area contributed by atoms with Crippen LogP contribution in [0, 0.1) is 0 Å². The van der Waals surface area contributed by atoms with E-state index in [4.69, 9.17) is 11.6 Å². The van der Waals surface area contributed by atoms with Gasteiger partial charge in [-0.25, -0.2) is 0 Å². The number of amides is 1. The Bertz CT molecular complexity index is 447. The summed E-state index contributed by atoms with van der Waals surface area (Å²) >= 11 is 7.55. The first-order valence-electron chi connectivity index (χ1n) is 6.09. The number of hydrogen-bond acceptors (Lipinski definition) is 4. The van der Waals surface area contributed by atoms with Crippen LogP contribution in [0.3, 0.4) is 0 Å². The van der Waals surface area contributed by atoms with Gasteiger partial charge in [-0.3, -0.25) is 4.79 Å². The minimum absolute atomic E-state index is 0.0462. The van der Waals surface area contributed by atoms with Crippen LogP contribution in [0.2, 0.25) is 5.02 Å². The fourth-order valence-corrected chi connectivity index (χ4v) is 3.12. The fourth-order valence-electron chi connectivity index (χ4n) is 1.94. The van der Waals surface area contributed by atoms with E-state index in [1.165, 1.54) is 16.7 Å². The van der Waals surface area contributed by atoms with E-state index >= 15 is 0 Å². The lowest BCUT2D eigenvalue weighted by Crippen LogP contribution is -2.29. The first kappa shape index (κ1) is 14.7. The molecule has 0 spiro atoms. The number of hydrogen-bond donors (Lipinski definition) is 2. The number of carbonyl (C=O) groups is 1. The van der Waals surface area contributed by atoms with Gasteiger partial charge in [-0.05, 0) is 12.1 Å². The van der Waals surface area contributed by atoms with Gasteiger partial charge in [0.2, 0.25) is 5.91 Å². The van der Waals surface area contributed by atoms with Crippen LogP contribution < -0.4 is 0 Å². The Hall–Kier alpha value is -0.750. The standard InChI is InChI=1S/C13H16ClNO3S/c14-9-3-1-2-4-12(9)19-6-5-13(18)15-7-10(16)11(17)8-15/h1-4,10-11,16-17H,5-8H2/t10-,11+. The van der Waals surface area contributed by atoms with Gasteiger partial charge in [0.25, 0.3) is 0 Å². The van der Waals surface area contributed by atoms with Gasteiger partial charge < -0.3 is 15.1 Å². The molecule has 0 aromatic heterocycles. The lowest BCUT2D eigenvalue weighted by Gasteiger charge is -2.15. The molecule has 1 aliphatic rings. The van der Waals surface area contributed by atoms with Crippen LogP contribution in [0.15, 0.2) is 29.2 Å². The van der Waals surface area contributed by atoms with E-state index in [1.807, 2.05) is 24.3 Å². The number of rotatable bonds is 4. The van der Waals surface area contributed by atoms with Crippen molar-refractivity contribution in [1.82, 2.24) is 4.90 Å². The molecule has 4 nitrogen and oxygen atoms in total. The second-order valence-corrected chi connectivity index (χ2v) is 6.01. The van der Waals surface area contributed by atoms with Gasteiger partial charge in [0.15, 0.2) is 0 Å². The van der Waals surface area contributed by atoms with Crippen molar-refractivity contribution in [2.75, 3.05) is 18.8 Å². The fraction of sp³-hybridized carbons (Fsp3) is 0.462. The number of thioether (sulfide) groups is 1. The number of nitrogens with zero attached hydrogens (tertiary/aromatic N) is 1. The molecule has 1 heterocycles. The highest BCUT2D eigenvalue weighted by molar-refractivity contribution is 7.99. The van der Waals surface area contributed by atoms with Crippen molar-refractivity contribution in [2.45, 2.75) is 23.5 Å². The smallest absolute Gasteiger partial charge is 0.223 e. The van der Waals surface area contributed by atoms with Crippen molar-refractivity contribution in [3.05, 3.63) is 29.3 Å². The molecule has 0 bridgehead atoms. The summed E-state index contributed by atoms with van der Waals surface area (Å²) in [7, 11) is 0. The average Bonchev–Trinajstić information content (AvgIpc) is 2.72. The zero-order valence-electron chi connectivity index (χ0n) is 10.3. The molecule has 6 heteroatoms. The summed E-state index contributed by atoms with van der Waals surface area (Å²) in [6, 6.07) is 7.51. The summed E-state index contributed by atoms with van der Waals surface area (Å²) in [4.78, 5) is 14.3. The normalized spacial score (nSPS) is 22.8. The molecule has 0 saturated carbocycles. The summed E-state index contributed by atoms with van der Waals surface area (Å²) in [6.45, 7) is 0.438. The Morgan fingerprint density at radius 3 is 2.58 bits per heavy atom. The number of carbonyl (C=O) groups excluding carboxylic acids is 1. The highest BCUT2D eigenvalue weighted by Crippen LogP contribution is 2.27. The third-order valence-corrected chi connectivity index (χ3v) is 4.54. The summed E-state index contributed by atoms with van der Waals surface area (Å²) in [5.41, 5.74) is 0. The Morgan fingerprint density at radius 1 is 1.32 bits per heavy atom. The summed E-state index contributed by atoms with van der Waals surface area (Å²) in [6.07, 6.45) is -1.27. The quantitative estimate of drug-likeness (QED) is 0.825. The summed E-state index contributed by atoms with van der Waals surface area (Å²) in [5, 5.41) is 19.5. The molecular formula is C13H16ClNO3S. The highest BCUT2D eigenvalue weighted by Gasteiger charge is 2.31. The van der Waals surface area contributed by atoms with Gasteiger partial charge in [-0.2, -0.15) is 0 Å². The number of aliphatic hydroxyl groups excluding tert-OH is 2. The maximum atomic E-state index is 11.9. The Balaban J connectivity index is 1.77. The third-order valence-electron chi connectivity index (χ3n) is 3.02. The molecule has 2 rings (SSSR count). The topological polar surface area (TPSA) is 60.8 Å². The van der Waals surface area contributed by atoms with Crippen LogP contribution in [-0.2, 0) is 4.79 Å². The van der Waals surface area contributed by atoms with Crippen molar-refractivity contribution in [3.8, 4) is 0 Å². The van der Waals surface area contributed by atoms with Crippen molar-refractivity contribution < 1.29 is 15.0 Å². The molecule has 2 N–H and O–H groups in total. The van der Waals surface area contributed by atoms with Gasteiger partial charge in [0, 0.05) is 30.2 Å². The van der Waals surface area contributed by atoms with Crippen molar-refractivity contribution in [3.63, 3.8) is 0 Å². The molecule has 1 amide bonds. The SMILES string of the molecule is O=C(CCSc1ccccc1Cl)N1C[C@@H](O)[C@@H](O)C1. The summed E-state index contributed by atoms with van der Waals surface area (Å²) < 4.78 is 0. The van der Waals surface area contributed by atoms with Gasteiger partial charge in [0.05, 0.1) is 17.2 Å². The van der Waals surface area contributed by atoms with Gasteiger partial charge in [-0.1, -0.05) is 23.7 Å². The summed E-state index contributed by atoms with van der Waals surface area (Å²) in [5.74, 6) is 0.584. The molecule has 0 unspecified atom stereocenters. The zero-order valence-corrected chi connectivity index (χ0v) is 11.9. The predicted octanol–water partition coefficient (Wildman–Crippen LogP) is 1.39. The molecule has 1 aromatic carbocycles. The monoisotopic (exact) mass is 301 g/mol.